The van der Waals surface area contributed by atoms with Crippen LogP contribution in [0.5, 0.6) is 0 Å². The predicted octanol–water partition coefficient (Wildman–Crippen LogP) is 9.61. The van der Waals surface area contributed by atoms with Crippen molar-refractivity contribution in [3.05, 3.63) is 55.9 Å². The SMILES string of the molecule is CC(=O)C(C)=C(C)C.CC1(C)COC1.CC1=C(C)C(=O)N(C)C1=O.CC1OC1C.COC(=O)C(=C(C)C)C(F)(F)F.COC(=O)C(C)=C(C)C.COC(C)=C(C)C. The number of epoxide rings is 1. The second-order valence-electron chi connectivity index (χ2n) is 15.0. The number of carbonyl (C=O) groups is 5. The maximum atomic E-state index is 12.0. The number of ether oxygens (including phenoxy) is 5. The molecule has 0 radical (unpaired) electrons. The van der Waals surface area contributed by atoms with Gasteiger partial charge in [-0.25, -0.2) is 9.59 Å². The van der Waals surface area contributed by atoms with Crippen molar-refractivity contribution < 1.29 is 60.8 Å². The van der Waals surface area contributed by atoms with Crippen molar-refractivity contribution >= 4 is 29.5 Å². The molecule has 3 rings (SSSR count). The highest BCUT2D eigenvalue weighted by atomic mass is 19.4. The molecule has 0 aromatic heterocycles. The number of Topliss-reactive ketones (excluding diaryl/α,β-unsaturated/α-hetero) is 1. The summed E-state index contributed by atoms with van der Waals surface area (Å²) < 4.78 is 59.4. The molecular weight excluding hydrogens is 747 g/mol. The van der Waals surface area contributed by atoms with Gasteiger partial charge in [-0.05, 0) is 122 Å². The van der Waals surface area contributed by atoms with Gasteiger partial charge in [-0.15, -0.1) is 0 Å². The normalized spacial score (nSPS) is 16.5. The first-order valence-electron chi connectivity index (χ1n) is 18.3. The molecule has 2 fully saturated rings. The molecule has 0 spiro atoms. The molecule has 14 heteroatoms. The highest BCUT2D eigenvalue weighted by Crippen LogP contribution is 2.29. The third-order valence-corrected chi connectivity index (χ3v) is 8.52. The fourth-order valence-electron chi connectivity index (χ4n) is 3.34. The van der Waals surface area contributed by atoms with E-state index in [4.69, 9.17) is 14.2 Å². The number of hydrogen-bond donors (Lipinski definition) is 0. The highest BCUT2D eigenvalue weighted by Gasteiger charge is 2.40. The van der Waals surface area contributed by atoms with Crippen LogP contribution in [0.1, 0.15) is 125 Å². The van der Waals surface area contributed by atoms with Crippen molar-refractivity contribution in [2.75, 3.05) is 41.6 Å². The van der Waals surface area contributed by atoms with Crippen molar-refractivity contribution in [1.29, 1.82) is 0 Å². The third-order valence-electron chi connectivity index (χ3n) is 8.52. The van der Waals surface area contributed by atoms with Gasteiger partial charge in [0.25, 0.3) is 11.8 Å². The van der Waals surface area contributed by atoms with Gasteiger partial charge < -0.3 is 23.7 Å². The number of methoxy groups -OCH3 is 3. The van der Waals surface area contributed by atoms with Crippen LogP contribution < -0.4 is 0 Å². The Morgan fingerprint density at radius 1 is 0.649 bits per heavy atom. The van der Waals surface area contributed by atoms with Crippen LogP contribution in [0.2, 0.25) is 0 Å². The van der Waals surface area contributed by atoms with E-state index in [1.54, 1.807) is 34.8 Å². The van der Waals surface area contributed by atoms with E-state index >= 15 is 0 Å². The largest absolute Gasteiger partial charge is 0.501 e. The van der Waals surface area contributed by atoms with Crippen LogP contribution in [-0.2, 0) is 47.7 Å². The quantitative estimate of drug-likeness (QED) is 0.0886. The Kier molecular flexibility index (Phi) is 29.7. The lowest BCUT2D eigenvalue weighted by molar-refractivity contribution is -0.148. The Morgan fingerprint density at radius 2 is 0.982 bits per heavy atom. The minimum atomic E-state index is -4.63. The fraction of sp³-hybridized carbons (Fsp3) is 0.651. The maximum Gasteiger partial charge on any atom is 0.423 e. The number of alkyl halides is 3. The van der Waals surface area contributed by atoms with E-state index in [9.17, 15) is 37.1 Å². The van der Waals surface area contributed by atoms with E-state index in [0.717, 1.165) is 47.7 Å². The second-order valence-corrected chi connectivity index (χ2v) is 15.0. The van der Waals surface area contributed by atoms with Gasteiger partial charge in [0.05, 0.1) is 52.5 Å². The summed E-state index contributed by atoms with van der Waals surface area (Å²) in [5.41, 5.74) is 5.21. The van der Waals surface area contributed by atoms with Crippen LogP contribution in [0.4, 0.5) is 13.2 Å². The molecule has 0 aliphatic carbocycles. The van der Waals surface area contributed by atoms with Crippen LogP contribution in [0.15, 0.2) is 55.9 Å². The number of halogens is 3. The number of amides is 2. The zero-order chi connectivity index (χ0) is 46.3. The first-order chi connectivity index (χ1) is 25.7. The summed E-state index contributed by atoms with van der Waals surface area (Å²) >= 11 is 0. The molecule has 0 aromatic rings. The Balaban J connectivity index is -0.000000292. The molecule has 2 saturated heterocycles. The predicted molar refractivity (Wildman–Crippen MR) is 219 cm³/mol. The summed E-state index contributed by atoms with van der Waals surface area (Å²) in [5.74, 6) is -0.757. The third kappa shape index (κ3) is 26.5. The van der Waals surface area contributed by atoms with Crippen LogP contribution in [-0.4, -0.2) is 94.4 Å². The Labute approximate surface area is 340 Å². The molecule has 57 heavy (non-hydrogen) atoms. The molecule has 2 atom stereocenters. The van der Waals surface area contributed by atoms with Crippen LogP contribution in [0.25, 0.3) is 0 Å². The van der Waals surface area contributed by atoms with E-state index in [1.807, 2.05) is 55.4 Å². The number of likely N-dealkylation sites (N-methyl/N-ethyl adjacent to an activating group) is 1. The molecule has 0 N–H and O–H groups in total. The number of ketones is 1. The molecule has 0 saturated carbocycles. The number of nitrogens with zero attached hydrogens (tertiary/aromatic N) is 1. The first-order valence-corrected chi connectivity index (χ1v) is 18.3. The van der Waals surface area contributed by atoms with E-state index < -0.39 is 17.7 Å². The summed E-state index contributed by atoms with van der Waals surface area (Å²) in [6.07, 6.45) is -3.53. The molecule has 0 aromatic carbocycles. The first kappa shape index (κ1) is 59.6. The molecular formula is C43H72F3NO10. The van der Waals surface area contributed by atoms with Crippen molar-refractivity contribution in [2.45, 2.75) is 143 Å². The monoisotopic (exact) mass is 820 g/mol. The molecule has 2 unspecified atom stereocenters. The fourth-order valence-corrected chi connectivity index (χ4v) is 3.34. The summed E-state index contributed by atoms with van der Waals surface area (Å²) in [4.78, 5) is 54.9. The minimum absolute atomic E-state index is 0.102. The van der Waals surface area contributed by atoms with Crippen molar-refractivity contribution in [3.63, 3.8) is 0 Å². The summed E-state index contributed by atoms with van der Waals surface area (Å²) in [6.45, 7) is 35.0. The summed E-state index contributed by atoms with van der Waals surface area (Å²) in [7, 11) is 5.47. The zero-order valence-corrected chi connectivity index (χ0v) is 38.7. The number of esters is 2. The number of allylic oxidation sites excluding steroid dienone is 6. The average Bonchev–Trinajstić information content (AvgIpc) is 3.74. The number of imide groups is 1. The van der Waals surface area contributed by atoms with Gasteiger partial charge in [0.15, 0.2) is 5.78 Å². The van der Waals surface area contributed by atoms with Crippen LogP contribution in [0, 0.1) is 5.41 Å². The van der Waals surface area contributed by atoms with E-state index in [1.165, 1.54) is 33.6 Å². The summed E-state index contributed by atoms with van der Waals surface area (Å²) in [5, 5.41) is 0. The van der Waals surface area contributed by atoms with Gasteiger partial charge in [-0.1, -0.05) is 30.6 Å². The minimum Gasteiger partial charge on any atom is -0.501 e. The van der Waals surface area contributed by atoms with Crippen molar-refractivity contribution in [3.8, 4) is 0 Å². The van der Waals surface area contributed by atoms with Gasteiger partial charge in [0.2, 0.25) is 0 Å². The van der Waals surface area contributed by atoms with E-state index in [2.05, 4.69) is 37.2 Å². The number of hydrogen-bond acceptors (Lipinski definition) is 10. The van der Waals surface area contributed by atoms with Gasteiger partial charge >= 0.3 is 18.1 Å². The molecule has 2 amide bonds. The van der Waals surface area contributed by atoms with E-state index in [0.29, 0.717) is 34.3 Å². The van der Waals surface area contributed by atoms with Gasteiger partial charge in [-0.2, -0.15) is 13.2 Å². The van der Waals surface area contributed by atoms with Crippen LogP contribution in [0.3, 0.4) is 0 Å². The Morgan fingerprint density at radius 3 is 1.04 bits per heavy atom. The molecule has 330 valence electrons. The van der Waals surface area contributed by atoms with Crippen molar-refractivity contribution in [2.24, 2.45) is 5.41 Å². The van der Waals surface area contributed by atoms with Crippen molar-refractivity contribution in [1.82, 2.24) is 4.90 Å². The molecule has 3 heterocycles. The van der Waals surface area contributed by atoms with Gasteiger partial charge in [-0.3, -0.25) is 19.3 Å². The topological polar surface area (TPSA) is 138 Å². The second kappa shape index (κ2) is 28.4. The molecule has 3 aliphatic rings. The average molecular weight is 820 g/mol. The number of carbonyl (C=O) groups excluding carboxylic acids is 5. The Bertz CT molecular complexity index is 1480. The van der Waals surface area contributed by atoms with E-state index in [-0.39, 0.29) is 29.1 Å². The number of rotatable bonds is 4. The lowest BCUT2D eigenvalue weighted by Crippen LogP contribution is -2.36. The van der Waals surface area contributed by atoms with Gasteiger partial charge in [0, 0.05) is 29.2 Å². The Hall–Kier alpha value is -4.04. The summed E-state index contributed by atoms with van der Waals surface area (Å²) in [6, 6.07) is 0. The lowest BCUT2D eigenvalue weighted by atomic mass is 9.92. The standard InChI is InChI=1S/C7H9F3O2.C7H9NO2.C7H12O2.C7H12O.C6H12O.C5H10O.C4H8O/c1-4(2)5(6(11)12-3)7(8,9)10;1-4-5(2)7(10)8(3)6(4)9;1-5(2)6(3)7(8)9-4;1-5(2)6(3)7(4)8;1-5(2)6(3)7-4;1-5(2)3-6-4-5;1-3-4(2)5-3/h1-3H3;1-3H3;1-4H3;1-4H3;1-4H3;3-4H2,1-2H3;3-4H,1-2H3. The maximum absolute atomic E-state index is 12.0. The molecule has 11 nitrogen and oxygen atoms in total. The van der Waals surface area contributed by atoms with Crippen LogP contribution >= 0.6 is 0 Å². The van der Waals surface area contributed by atoms with Gasteiger partial charge in [0.1, 0.15) is 5.57 Å². The molecule has 3 aliphatic heterocycles. The molecule has 0 bridgehead atoms. The smallest absolute Gasteiger partial charge is 0.423 e. The lowest BCUT2D eigenvalue weighted by Gasteiger charge is -2.33. The zero-order valence-electron chi connectivity index (χ0n) is 38.7. The highest BCUT2D eigenvalue weighted by molar-refractivity contribution is 6.18.